The molecule has 0 aliphatic heterocycles. The van der Waals surface area contributed by atoms with Crippen molar-refractivity contribution >= 4 is 15.9 Å². The third-order valence-electron chi connectivity index (χ3n) is 2.78. The average Bonchev–Trinajstić information content (AvgIpc) is 2.35. The van der Waals surface area contributed by atoms with Gasteiger partial charge in [0, 0.05) is 6.42 Å². The summed E-state index contributed by atoms with van der Waals surface area (Å²) in [4.78, 5) is 0. The van der Waals surface area contributed by atoms with Crippen LogP contribution in [0.3, 0.4) is 0 Å². The number of benzene rings is 2. The standard InChI is InChI=1S/C14H10BrF3O/c15-14-8(3-1-6-11(14)18)7-12(19)13-9(16)4-2-5-10(13)17/h1-6,12,19H,7H2. The lowest BCUT2D eigenvalue weighted by Gasteiger charge is -2.14. The van der Waals surface area contributed by atoms with Crippen LogP contribution >= 0.6 is 15.9 Å². The summed E-state index contributed by atoms with van der Waals surface area (Å²) < 4.78 is 40.5. The number of hydrogen-bond donors (Lipinski definition) is 1. The highest BCUT2D eigenvalue weighted by Crippen LogP contribution is 2.28. The summed E-state index contributed by atoms with van der Waals surface area (Å²) in [6, 6.07) is 7.67. The van der Waals surface area contributed by atoms with Gasteiger partial charge in [-0.2, -0.15) is 0 Å². The summed E-state index contributed by atoms with van der Waals surface area (Å²) in [5.74, 6) is -2.13. The molecule has 0 saturated heterocycles. The zero-order chi connectivity index (χ0) is 14.0. The van der Waals surface area contributed by atoms with Crippen LogP contribution in [0.25, 0.3) is 0 Å². The van der Waals surface area contributed by atoms with E-state index in [1.165, 1.54) is 18.2 Å². The van der Waals surface area contributed by atoms with Crippen molar-refractivity contribution in [3.63, 3.8) is 0 Å². The van der Waals surface area contributed by atoms with E-state index in [0.717, 1.165) is 12.1 Å². The van der Waals surface area contributed by atoms with Crippen molar-refractivity contribution in [3.8, 4) is 0 Å². The van der Waals surface area contributed by atoms with Crippen molar-refractivity contribution in [3.05, 3.63) is 69.4 Å². The number of hydrogen-bond acceptors (Lipinski definition) is 1. The molecule has 0 radical (unpaired) electrons. The molecule has 0 fully saturated rings. The molecule has 19 heavy (non-hydrogen) atoms. The molecule has 2 aromatic rings. The van der Waals surface area contributed by atoms with Crippen molar-refractivity contribution in [2.45, 2.75) is 12.5 Å². The van der Waals surface area contributed by atoms with Gasteiger partial charge < -0.3 is 5.11 Å². The maximum absolute atomic E-state index is 13.5. The maximum Gasteiger partial charge on any atom is 0.137 e. The Morgan fingerprint density at radius 3 is 2.11 bits per heavy atom. The molecule has 5 heteroatoms. The molecule has 0 aromatic heterocycles. The monoisotopic (exact) mass is 330 g/mol. The molecule has 0 aliphatic rings. The van der Waals surface area contributed by atoms with E-state index in [-0.39, 0.29) is 10.9 Å². The van der Waals surface area contributed by atoms with E-state index < -0.39 is 29.1 Å². The lowest BCUT2D eigenvalue weighted by molar-refractivity contribution is 0.168. The van der Waals surface area contributed by atoms with Crippen LogP contribution in [0.4, 0.5) is 13.2 Å². The Hall–Kier alpha value is -1.33. The SMILES string of the molecule is OC(Cc1cccc(F)c1Br)c1c(F)cccc1F. The highest BCUT2D eigenvalue weighted by Gasteiger charge is 2.19. The first-order valence-corrected chi connectivity index (χ1v) is 6.35. The minimum Gasteiger partial charge on any atom is -0.388 e. The van der Waals surface area contributed by atoms with Gasteiger partial charge in [0.15, 0.2) is 0 Å². The molecule has 1 N–H and O–H groups in total. The van der Waals surface area contributed by atoms with Crippen LogP contribution in [0.1, 0.15) is 17.2 Å². The van der Waals surface area contributed by atoms with Crippen LogP contribution in [0.15, 0.2) is 40.9 Å². The largest absolute Gasteiger partial charge is 0.388 e. The van der Waals surface area contributed by atoms with Crippen LogP contribution < -0.4 is 0 Å². The molecule has 1 atom stereocenters. The Morgan fingerprint density at radius 2 is 1.47 bits per heavy atom. The summed E-state index contributed by atoms with van der Waals surface area (Å²) in [6.45, 7) is 0. The summed E-state index contributed by atoms with van der Waals surface area (Å²) in [6.07, 6.45) is -1.46. The smallest absolute Gasteiger partial charge is 0.137 e. The van der Waals surface area contributed by atoms with Gasteiger partial charge in [-0.15, -0.1) is 0 Å². The van der Waals surface area contributed by atoms with Crippen LogP contribution in [-0.4, -0.2) is 5.11 Å². The molecular weight excluding hydrogens is 321 g/mol. The second kappa shape index (κ2) is 5.75. The Kier molecular flexibility index (Phi) is 4.27. The molecule has 0 amide bonds. The van der Waals surface area contributed by atoms with Crippen molar-refractivity contribution in [2.24, 2.45) is 0 Å². The van der Waals surface area contributed by atoms with E-state index >= 15 is 0 Å². The van der Waals surface area contributed by atoms with Gasteiger partial charge in [0.05, 0.1) is 16.1 Å². The van der Waals surface area contributed by atoms with Gasteiger partial charge in [0.25, 0.3) is 0 Å². The number of halogens is 4. The number of rotatable bonds is 3. The predicted octanol–water partition coefficient (Wildman–Crippen LogP) is 4.14. The van der Waals surface area contributed by atoms with Gasteiger partial charge in [-0.05, 0) is 39.7 Å². The Balaban J connectivity index is 2.31. The quantitative estimate of drug-likeness (QED) is 0.896. The highest BCUT2D eigenvalue weighted by molar-refractivity contribution is 9.10. The maximum atomic E-state index is 13.5. The Labute approximate surface area is 116 Å². The molecule has 0 bridgehead atoms. The second-order valence-corrected chi connectivity index (χ2v) is 4.86. The fourth-order valence-corrected chi connectivity index (χ4v) is 2.27. The van der Waals surface area contributed by atoms with E-state index in [9.17, 15) is 18.3 Å². The van der Waals surface area contributed by atoms with E-state index in [0.29, 0.717) is 5.56 Å². The Bertz CT molecular complexity index is 581. The van der Waals surface area contributed by atoms with E-state index in [1.54, 1.807) is 6.07 Å². The van der Waals surface area contributed by atoms with Gasteiger partial charge in [0.1, 0.15) is 17.5 Å². The van der Waals surface area contributed by atoms with Crippen LogP contribution in [0.2, 0.25) is 0 Å². The molecular formula is C14H10BrF3O. The zero-order valence-electron chi connectivity index (χ0n) is 9.71. The minimum atomic E-state index is -1.38. The number of aliphatic hydroxyl groups is 1. The normalized spacial score (nSPS) is 12.5. The lowest BCUT2D eigenvalue weighted by Crippen LogP contribution is -2.08. The van der Waals surface area contributed by atoms with Crippen molar-refractivity contribution in [1.82, 2.24) is 0 Å². The molecule has 100 valence electrons. The van der Waals surface area contributed by atoms with Crippen LogP contribution in [-0.2, 0) is 6.42 Å². The van der Waals surface area contributed by atoms with Crippen molar-refractivity contribution in [2.75, 3.05) is 0 Å². The number of aliphatic hydroxyl groups excluding tert-OH is 1. The third kappa shape index (κ3) is 2.98. The average molecular weight is 331 g/mol. The molecule has 0 saturated carbocycles. The molecule has 1 nitrogen and oxygen atoms in total. The van der Waals surface area contributed by atoms with Gasteiger partial charge >= 0.3 is 0 Å². The summed E-state index contributed by atoms with van der Waals surface area (Å²) in [5.41, 5.74) is 0.0359. The van der Waals surface area contributed by atoms with Crippen LogP contribution in [0, 0.1) is 17.5 Å². The lowest BCUT2D eigenvalue weighted by atomic mass is 10.0. The van der Waals surface area contributed by atoms with Crippen molar-refractivity contribution in [1.29, 1.82) is 0 Å². The minimum absolute atomic E-state index is 0.0871. The topological polar surface area (TPSA) is 20.2 Å². The first-order chi connectivity index (χ1) is 9.00. The van der Waals surface area contributed by atoms with Crippen LogP contribution in [0.5, 0.6) is 0 Å². The second-order valence-electron chi connectivity index (χ2n) is 4.07. The van der Waals surface area contributed by atoms with Gasteiger partial charge in [-0.3, -0.25) is 0 Å². The fraction of sp³-hybridized carbons (Fsp3) is 0.143. The summed E-state index contributed by atoms with van der Waals surface area (Å²) in [7, 11) is 0. The van der Waals surface area contributed by atoms with Gasteiger partial charge in [0.2, 0.25) is 0 Å². The first kappa shape index (κ1) is 14.1. The van der Waals surface area contributed by atoms with E-state index in [1.807, 2.05) is 0 Å². The molecule has 2 rings (SSSR count). The molecule has 0 heterocycles. The Morgan fingerprint density at radius 1 is 0.947 bits per heavy atom. The van der Waals surface area contributed by atoms with Crippen molar-refractivity contribution < 1.29 is 18.3 Å². The third-order valence-corrected chi connectivity index (χ3v) is 3.67. The molecule has 0 spiro atoms. The first-order valence-electron chi connectivity index (χ1n) is 5.55. The fourth-order valence-electron chi connectivity index (χ4n) is 1.85. The predicted molar refractivity (Wildman–Crippen MR) is 69.1 cm³/mol. The highest BCUT2D eigenvalue weighted by atomic mass is 79.9. The van der Waals surface area contributed by atoms with Gasteiger partial charge in [-0.1, -0.05) is 18.2 Å². The summed E-state index contributed by atoms with van der Waals surface area (Å²) >= 11 is 3.04. The molecule has 2 aromatic carbocycles. The van der Waals surface area contributed by atoms with E-state index in [2.05, 4.69) is 15.9 Å². The molecule has 0 aliphatic carbocycles. The molecule has 1 unspecified atom stereocenters. The van der Waals surface area contributed by atoms with Gasteiger partial charge in [-0.25, -0.2) is 13.2 Å². The zero-order valence-corrected chi connectivity index (χ0v) is 11.3. The van der Waals surface area contributed by atoms with E-state index in [4.69, 9.17) is 0 Å². The summed E-state index contributed by atoms with van der Waals surface area (Å²) in [5, 5.41) is 9.93.